The zero-order chi connectivity index (χ0) is 54.2. The fourth-order valence-electron chi connectivity index (χ4n) is 9.23. The molecule has 10 nitrogen and oxygen atoms in total. The molecule has 0 heterocycles. The molecule has 0 aliphatic heterocycles. The molecule has 0 aromatic heterocycles. The Morgan fingerprint density at radius 1 is 0.432 bits per heavy atom. The number of hydrogen-bond acceptors (Lipinski definition) is 8. The number of ether oxygens (including phenoxy) is 3. The lowest BCUT2D eigenvalue weighted by Gasteiger charge is -2.25. The van der Waals surface area contributed by atoms with Gasteiger partial charge in [-0.1, -0.05) is 205 Å². The monoisotopic (exact) mass is 1040 g/mol. The summed E-state index contributed by atoms with van der Waals surface area (Å²) in [6.07, 6.45) is 55.2. The number of allylic oxidation sites excluding steroid dienone is 8. The van der Waals surface area contributed by atoms with Crippen LogP contribution >= 0.6 is 0 Å². The molecule has 0 aliphatic rings. The molecule has 0 radical (unpaired) electrons. The summed E-state index contributed by atoms with van der Waals surface area (Å²) in [5, 5.41) is 10.2. The van der Waals surface area contributed by atoms with Crippen molar-refractivity contribution in [2.75, 3.05) is 45.9 Å². The first kappa shape index (κ1) is 70.6. The van der Waals surface area contributed by atoms with Gasteiger partial charge in [0.05, 0.1) is 19.1 Å². The van der Waals surface area contributed by atoms with Crippen LogP contribution in [0, 0.1) is 5.92 Å². The molecule has 74 heavy (non-hydrogen) atoms. The first-order valence-electron chi connectivity index (χ1n) is 31.0. The van der Waals surface area contributed by atoms with Crippen LogP contribution in [0.2, 0.25) is 0 Å². The Morgan fingerprint density at radius 3 is 1.41 bits per heavy atom. The summed E-state index contributed by atoms with van der Waals surface area (Å²) in [4.78, 5) is 56.2. The number of esters is 1. The van der Waals surface area contributed by atoms with Crippen LogP contribution in [0.1, 0.15) is 279 Å². The fourth-order valence-corrected chi connectivity index (χ4v) is 9.23. The molecular formula is C64H116N2O8. The molecule has 0 saturated heterocycles. The zero-order valence-electron chi connectivity index (χ0n) is 48.8. The van der Waals surface area contributed by atoms with Crippen molar-refractivity contribution in [1.82, 2.24) is 9.80 Å². The van der Waals surface area contributed by atoms with Crippen molar-refractivity contribution in [3.8, 4) is 0 Å². The summed E-state index contributed by atoms with van der Waals surface area (Å²) >= 11 is 0. The minimum atomic E-state index is -0.840. The van der Waals surface area contributed by atoms with E-state index in [4.69, 9.17) is 14.2 Å². The second kappa shape index (κ2) is 55.8. The number of nitrogens with zero attached hydrogens (tertiary/aromatic N) is 2. The van der Waals surface area contributed by atoms with E-state index in [9.17, 15) is 24.3 Å². The lowest BCUT2D eigenvalue weighted by molar-refractivity contribution is -0.146. The third-order valence-electron chi connectivity index (χ3n) is 14.2. The normalized spacial score (nSPS) is 12.7. The van der Waals surface area contributed by atoms with E-state index < -0.39 is 24.1 Å². The first-order chi connectivity index (χ1) is 36.2. The van der Waals surface area contributed by atoms with Gasteiger partial charge < -0.3 is 29.1 Å². The largest absolute Gasteiger partial charge is 0.508 e. The molecule has 0 rings (SSSR count). The molecule has 1 N–H and O–H groups in total. The molecule has 0 aromatic carbocycles. The second-order valence-corrected chi connectivity index (χ2v) is 20.8. The molecule has 1 amide bonds. The molecule has 10 heteroatoms. The van der Waals surface area contributed by atoms with E-state index in [1.54, 1.807) is 4.90 Å². The number of carbonyl (C=O) groups is 4. The minimum absolute atomic E-state index is 0.0601. The highest BCUT2D eigenvalue weighted by Gasteiger charge is 2.24. The van der Waals surface area contributed by atoms with Crippen molar-refractivity contribution < 1.29 is 38.5 Å². The van der Waals surface area contributed by atoms with Crippen LogP contribution in [0.15, 0.2) is 48.6 Å². The fraction of sp³-hybridized carbons (Fsp3) is 0.812. The van der Waals surface area contributed by atoms with Gasteiger partial charge in [0.1, 0.15) is 12.7 Å². The van der Waals surface area contributed by atoms with Crippen LogP contribution < -0.4 is 0 Å². The van der Waals surface area contributed by atoms with Crippen LogP contribution in [0.3, 0.4) is 0 Å². The average molecular weight is 1040 g/mol. The van der Waals surface area contributed by atoms with E-state index >= 15 is 0 Å². The van der Waals surface area contributed by atoms with Crippen molar-refractivity contribution in [2.45, 2.75) is 285 Å². The van der Waals surface area contributed by atoms with Crippen molar-refractivity contribution in [3.63, 3.8) is 0 Å². The SMILES string of the molecule is CCCCC/C=C\C/C=C\CCCCCCCC(=O)OCCN(CCC(CCCCCC/C=C\C/C=C\CCCCC)C(=O)O)C(=O)CCC(CCCCCCCCCCCC)OC(=O)OCCCN(CC)CC. The number of aliphatic carboxylic acids is 1. The van der Waals surface area contributed by atoms with Crippen molar-refractivity contribution in [2.24, 2.45) is 5.92 Å². The van der Waals surface area contributed by atoms with Gasteiger partial charge in [-0.2, -0.15) is 0 Å². The maximum Gasteiger partial charge on any atom is 0.508 e. The standard InChI is InChI=1S/C64H116N2O8/c1-6-11-14-17-20-23-26-28-30-32-34-37-40-43-46-50-62(68)72-58-56-66(55-53-59(63(69)70)48-44-41-38-35-33-31-29-27-24-21-18-15-12-7-2)61(67)52-51-60(49-45-42-39-36-25-22-19-16-13-8-3)74-64(71)73-57-47-54-65(9-4)10-5/h20-21,23-24,28-31,59-60H,6-19,22,25-27,32-58H2,1-5H3,(H,69,70)/b23-20-,24-21-,30-28-,31-29-. The Hall–Kier alpha value is -3.40. The summed E-state index contributed by atoms with van der Waals surface area (Å²) < 4.78 is 17.1. The third-order valence-corrected chi connectivity index (χ3v) is 14.2. The zero-order valence-corrected chi connectivity index (χ0v) is 48.8. The summed E-state index contributed by atoms with van der Waals surface area (Å²) in [7, 11) is 0. The van der Waals surface area contributed by atoms with Gasteiger partial charge in [0, 0.05) is 25.9 Å². The number of unbranched alkanes of at least 4 members (excludes halogenated alkanes) is 24. The molecule has 0 saturated carbocycles. The number of carboxylic acid groups (broad SMARTS) is 1. The Morgan fingerprint density at radius 2 is 0.892 bits per heavy atom. The van der Waals surface area contributed by atoms with Crippen LogP contribution in [-0.4, -0.2) is 90.9 Å². The van der Waals surface area contributed by atoms with E-state index in [2.05, 4.69) is 88.1 Å². The Kier molecular flexibility index (Phi) is 53.3. The van der Waals surface area contributed by atoms with Crippen molar-refractivity contribution in [3.05, 3.63) is 48.6 Å². The maximum atomic E-state index is 14.0. The number of amides is 1. The maximum absolute atomic E-state index is 14.0. The Balaban J connectivity index is 5.39. The van der Waals surface area contributed by atoms with Gasteiger partial charge >= 0.3 is 18.1 Å². The van der Waals surface area contributed by atoms with Gasteiger partial charge in [-0.15, -0.1) is 0 Å². The van der Waals surface area contributed by atoms with E-state index in [0.29, 0.717) is 32.1 Å². The van der Waals surface area contributed by atoms with E-state index in [0.717, 1.165) is 135 Å². The quantitative estimate of drug-likeness (QED) is 0.0360. The molecule has 0 spiro atoms. The highest BCUT2D eigenvalue weighted by Crippen LogP contribution is 2.20. The molecule has 2 atom stereocenters. The minimum Gasteiger partial charge on any atom is -0.481 e. The number of carbonyl (C=O) groups excluding carboxylic acids is 3. The third kappa shape index (κ3) is 48.3. The smallest absolute Gasteiger partial charge is 0.481 e. The highest BCUT2D eigenvalue weighted by atomic mass is 16.7. The van der Waals surface area contributed by atoms with E-state index in [1.807, 2.05) is 0 Å². The topological polar surface area (TPSA) is 123 Å². The van der Waals surface area contributed by atoms with Gasteiger partial charge in [0.15, 0.2) is 0 Å². The van der Waals surface area contributed by atoms with Crippen LogP contribution in [0.5, 0.6) is 0 Å². The molecule has 430 valence electrons. The molecule has 0 aliphatic carbocycles. The van der Waals surface area contributed by atoms with E-state index in [-0.39, 0.29) is 44.6 Å². The van der Waals surface area contributed by atoms with Crippen molar-refractivity contribution in [1.29, 1.82) is 0 Å². The lowest BCUT2D eigenvalue weighted by Crippen LogP contribution is -2.37. The molecule has 2 unspecified atom stereocenters. The summed E-state index contributed by atoms with van der Waals surface area (Å²) in [5.41, 5.74) is 0. The van der Waals surface area contributed by atoms with Crippen molar-refractivity contribution >= 4 is 24.0 Å². The predicted octanol–water partition coefficient (Wildman–Crippen LogP) is 18.0. The summed E-state index contributed by atoms with van der Waals surface area (Å²) in [5.74, 6) is -1.83. The molecular weight excluding hydrogens is 925 g/mol. The van der Waals surface area contributed by atoms with E-state index in [1.165, 1.54) is 89.9 Å². The Labute approximate surface area is 455 Å². The number of hydrogen-bond donors (Lipinski definition) is 1. The number of carboxylic acids is 1. The van der Waals surface area contributed by atoms with Gasteiger partial charge in [0.25, 0.3) is 0 Å². The van der Waals surface area contributed by atoms with Gasteiger partial charge in [-0.05, 0) is 122 Å². The van der Waals surface area contributed by atoms with Crippen LogP contribution in [-0.2, 0) is 28.6 Å². The number of rotatable bonds is 55. The van der Waals surface area contributed by atoms with Crippen LogP contribution in [0.25, 0.3) is 0 Å². The predicted molar refractivity (Wildman–Crippen MR) is 312 cm³/mol. The Bertz CT molecular complexity index is 1410. The summed E-state index contributed by atoms with van der Waals surface area (Å²) in [6.45, 7) is 14.5. The first-order valence-corrected chi connectivity index (χ1v) is 31.0. The average Bonchev–Trinajstić information content (AvgIpc) is 3.39. The summed E-state index contributed by atoms with van der Waals surface area (Å²) in [6, 6.07) is 0. The van der Waals surface area contributed by atoms with Crippen LogP contribution in [0.4, 0.5) is 4.79 Å². The molecule has 0 aromatic rings. The molecule has 0 bridgehead atoms. The highest BCUT2D eigenvalue weighted by molar-refractivity contribution is 5.76. The van der Waals surface area contributed by atoms with Gasteiger partial charge in [-0.3, -0.25) is 14.4 Å². The van der Waals surface area contributed by atoms with Gasteiger partial charge in [0.2, 0.25) is 5.91 Å². The molecule has 0 fully saturated rings. The van der Waals surface area contributed by atoms with Gasteiger partial charge in [-0.25, -0.2) is 4.79 Å². The lowest BCUT2D eigenvalue weighted by atomic mass is 9.97. The second-order valence-electron chi connectivity index (χ2n) is 20.8.